The van der Waals surface area contributed by atoms with Crippen molar-refractivity contribution in [3.63, 3.8) is 0 Å². The number of amides is 1. The van der Waals surface area contributed by atoms with Crippen molar-refractivity contribution < 1.29 is 24.6 Å². The van der Waals surface area contributed by atoms with Gasteiger partial charge in [-0.15, -0.1) is 0 Å². The molecule has 0 unspecified atom stereocenters. The number of hydrogen-bond acceptors (Lipinski definition) is 5. The van der Waals surface area contributed by atoms with Crippen LogP contribution in [0.5, 0.6) is 0 Å². The lowest BCUT2D eigenvalue weighted by Gasteiger charge is -2.24. The van der Waals surface area contributed by atoms with Crippen molar-refractivity contribution in [1.29, 1.82) is 0 Å². The minimum Gasteiger partial charge on any atom is -0.481 e. The van der Waals surface area contributed by atoms with Gasteiger partial charge in [-0.3, -0.25) is 19.4 Å². The number of pyridine rings is 1. The molecule has 1 aromatic heterocycles. The SMILES string of the molecule is N[C@@]1(C(=O)O)C[C@H](NC(=O)c2ccccn2)[C@H]2[C@H](C(=O)O)[C@H]21. The molecule has 1 heterocycles. The smallest absolute Gasteiger partial charge is 0.324 e. The predicted molar refractivity (Wildman–Crippen MR) is 72.8 cm³/mol. The molecule has 0 spiro atoms. The molecule has 3 rings (SSSR count). The Labute approximate surface area is 125 Å². The summed E-state index contributed by atoms with van der Waals surface area (Å²) in [7, 11) is 0. The van der Waals surface area contributed by atoms with Gasteiger partial charge in [0.2, 0.25) is 0 Å². The Kier molecular flexibility index (Phi) is 3.13. The highest BCUT2D eigenvalue weighted by Crippen LogP contribution is 2.61. The highest BCUT2D eigenvalue weighted by atomic mass is 16.4. The van der Waals surface area contributed by atoms with Gasteiger partial charge in [-0.2, -0.15) is 0 Å². The number of carboxylic acids is 2. The monoisotopic (exact) mass is 305 g/mol. The zero-order chi connectivity index (χ0) is 16.1. The molecule has 1 amide bonds. The molecule has 8 heteroatoms. The van der Waals surface area contributed by atoms with Gasteiger partial charge in [0.1, 0.15) is 11.2 Å². The summed E-state index contributed by atoms with van der Waals surface area (Å²) in [5.74, 6) is -4.72. The second-order valence-electron chi connectivity index (χ2n) is 5.81. The van der Waals surface area contributed by atoms with E-state index in [0.29, 0.717) is 0 Å². The van der Waals surface area contributed by atoms with Crippen LogP contribution in [-0.4, -0.2) is 44.6 Å². The molecule has 5 N–H and O–H groups in total. The maximum absolute atomic E-state index is 12.1. The lowest BCUT2D eigenvalue weighted by atomic mass is 9.90. The summed E-state index contributed by atoms with van der Waals surface area (Å²) < 4.78 is 0. The molecular weight excluding hydrogens is 290 g/mol. The molecule has 2 aliphatic carbocycles. The fourth-order valence-electron chi connectivity index (χ4n) is 3.57. The van der Waals surface area contributed by atoms with Gasteiger partial charge < -0.3 is 21.3 Å². The summed E-state index contributed by atoms with van der Waals surface area (Å²) in [6, 6.07) is 4.26. The molecule has 2 saturated carbocycles. The first-order chi connectivity index (χ1) is 10.4. The third-order valence-corrected chi connectivity index (χ3v) is 4.59. The number of hydrogen-bond donors (Lipinski definition) is 4. The summed E-state index contributed by atoms with van der Waals surface area (Å²) >= 11 is 0. The van der Waals surface area contributed by atoms with Crippen molar-refractivity contribution in [3.8, 4) is 0 Å². The van der Waals surface area contributed by atoms with E-state index in [4.69, 9.17) is 10.8 Å². The summed E-state index contributed by atoms with van der Waals surface area (Å²) in [5, 5.41) is 21.1. The van der Waals surface area contributed by atoms with E-state index in [-0.39, 0.29) is 12.1 Å². The van der Waals surface area contributed by atoms with Crippen LogP contribution in [0.25, 0.3) is 0 Å². The number of carbonyl (C=O) groups is 3. The van der Waals surface area contributed by atoms with Gasteiger partial charge in [-0.05, 0) is 24.5 Å². The summed E-state index contributed by atoms with van der Waals surface area (Å²) in [6.45, 7) is 0. The molecule has 0 bridgehead atoms. The average molecular weight is 305 g/mol. The van der Waals surface area contributed by atoms with Gasteiger partial charge in [0.15, 0.2) is 0 Å². The van der Waals surface area contributed by atoms with Crippen LogP contribution in [0, 0.1) is 17.8 Å². The second-order valence-corrected chi connectivity index (χ2v) is 5.81. The number of nitrogens with zero attached hydrogens (tertiary/aromatic N) is 1. The number of carboxylic acid groups (broad SMARTS) is 2. The Morgan fingerprint density at radius 1 is 1.32 bits per heavy atom. The van der Waals surface area contributed by atoms with E-state index in [1.165, 1.54) is 12.3 Å². The number of rotatable bonds is 4. The number of aliphatic carboxylic acids is 2. The summed E-state index contributed by atoms with van der Waals surface area (Å²) in [4.78, 5) is 38.6. The van der Waals surface area contributed by atoms with Gasteiger partial charge in [-0.1, -0.05) is 6.07 Å². The molecule has 0 aliphatic heterocycles. The van der Waals surface area contributed by atoms with E-state index >= 15 is 0 Å². The Balaban J connectivity index is 1.79. The molecule has 0 saturated heterocycles. The fraction of sp³-hybridized carbons (Fsp3) is 0.429. The van der Waals surface area contributed by atoms with Crippen LogP contribution in [0.15, 0.2) is 24.4 Å². The van der Waals surface area contributed by atoms with Crippen LogP contribution < -0.4 is 11.1 Å². The van der Waals surface area contributed by atoms with E-state index in [2.05, 4.69) is 10.3 Å². The van der Waals surface area contributed by atoms with E-state index in [1.54, 1.807) is 12.1 Å². The minimum atomic E-state index is -1.62. The third-order valence-electron chi connectivity index (χ3n) is 4.59. The van der Waals surface area contributed by atoms with Crippen molar-refractivity contribution in [3.05, 3.63) is 30.1 Å². The Bertz CT molecular complexity index is 649. The van der Waals surface area contributed by atoms with E-state index in [0.717, 1.165) is 0 Å². The van der Waals surface area contributed by atoms with Crippen molar-refractivity contribution >= 4 is 17.8 Å². The van der Waals surface area contributed by atoms with Gasteiger partial charge in [0.05, 0.1) is 5.92 Å². The topological polar surface area (TPSA) is 143 Å². The number of nitrogens with two attached hydrogens (primary N) is 1. The third kappa shape index (κ3) is 2.03. The Hall–Kier alpha value is -2.48. The normalized spacial score (nSPS) is 35.5. The van der Waals surface area contributed by atoms with E-state index < -0.39 is 47.2 Å². The number of nitrogens with one attached hydrogen (secondary N) is 1. The molecule has 1 aromatic rings. The van der Waals surface area contributed by atoms with Crippen molar-refractivity contribution in [2.75, 3.05) is 0 Å². The molecule has 116 valence electrons. The molecule has 5 atom stereocenters. The molecule has 22 heavy (non-hydrogen) atoms. The van der Waals surface area contributed by atoms with Crippen molar-refractivity contribution in [2.45, 2.75) is 18.0 Å². The molecule has 2 fully saturated rings. The first-order valence-corrected chi connectivity index (χ1v) is 6.83. The minimum absolute atomic E-state index is 0.0139. The predicted octanol–water partition coefficient (Wildman–Crippen LogP) is -0.687. The highest BCUT2D eigenvalue weighted by molar-refractivity contribution is 5.93. The van der Waals surface area contributed by atoms with E-state index in [9.17, 15) is 19.5 Å². The van der Waals surface area contributed by atoms with Crippen LogP contribution in [-0.2, 0) is 9.59 Å². The largest absolute Gasteiger partial charge is 0.481 e. The maximum atomic E-state index is 12.1. The zero-order valence-electron chi connectivity index (χ0n) is 11.5. The van der Waals surface area contributed by atoms with Crippen molar-refractivity contribution in [1.82, 2.24) is 10.3 Å². The van der Waals surface area contributed by atoms with E-state index in [1.807, 2.05) is 0 Å². The van der Waals surface area contributed by atoms with Crippen LogP contribution in [0.2, 0.25) is 0 Å². The lowest BCUT2D eigenvalue weighted by Crippen LogP contribution is -2.52. The zero-order valence-corrected chi connectivity index (χ0v) is 11.5. The van der Waals surface area contributed by atoms with Gasteiger partial charge >= 0.3 is 11.9 Å². The number of carbonyl (C=O) groups excluding carboxylic acids is 1. The molecule has 0 aromatic carbocycles. The first-order valence-electron chi connectivity index (χ1n) is 6.83. The quantitative estimate of drug-likeness (QED) is 0.576. The lowest BCUT2D eigenvalue weighted by molar-refractivity contribution is -0.145. The average Bonchev–Trinajstić information content (AvgIpc) is 3.17. The standard InChI is InChI=1S/C14H15N3O5/c15-14(13(21)22)5-7(8-9(10(8)14)12(19)20)17-11(18)6-3-1-2-4-16-6/h1-4,7-10H,5,15H2,(H,17,18)(H,19,20)(H,21,22)/t7-,8-,9-,10-,14-/m0/s1. The van der Waals surface area contributed by atoms with Crippen LogP contribution in [0.3, 0.4) is 0 Å². The summed E-state index contributed by atoms with van der Waals surface area (Å²) in [6.07, 6.45) is 1.48. The van der Waals surface area contributed by atoms with Gasteiger partial charge in [-0.25, -0.2) is 0 Å². The first kappa shape index (κ1) is 14.5. The maximum Gasteiger partial charge on any atom is 0.324 e. The molecule has 2 aliphatic rings. The Morgan fingerprint density at radius 3 is 2.59 bits per heavy atom. The molecule has 8 nitrogen and oxygen atoms in total. The summed E-state index contributed by atoms with van der Waals surface area (Å²) in [5.41, 5.74) is 4.47. The highest BCUT2D eigenvalue weighted by Gasteiger charge is 2.74. The fourth-order valence-corrected chi connectivity index (χ4v) is 3.57. The van der Waals surface area contributed by atoms with Gasteiger partial charge in [0, 0.05) is 18.2 Å². The van der Waals surface area contributed by atoms with Crippen molar-refractivity contribution in [2.24, 2.45) is 23.5 Å². The molecular formula is C14H15N3O5. The van der Waals surface area contributed by atoms with Crippen LogP contribution in [0.4, 0.5) is 0 Å². The number of aromatic nitrogens is 1. The van der Waals surface area contributed by atoms with Gasteiger partial charge in [0.25, 0.3) is 5.91 Å². The second kappa shape index (κ2) is 4.77. The molecule has 0 radical (unpaired) electrons. The van der Waals surface area contributed by atoms with Crippen LogP contribution >= 0.6 is 0 Å². The Morgan fingerprint density at radius 2 is 2.05 bits per heavy atom. The van der Waals surface area contributed by atoms with Crippen LogP contribution in [0.1, 0.15) is 16.9 Å². The number of fused-ring (bicyclic) bond motifs is 1.